The normalized spacial score (nSPS) is 10.4. The molecule has 94 valence electrons. The minimum atomic E-state index is -0.231. The lowest BCUT2D eigenvalue weighted by molar-refractivity contribution is 0.102. The van der Waals surface area contributed by atoms with Gasteiger partial charge in [0.05, 0.1) is 11.4 Å². The molecule has 2 rings (SSSR count). The van der Waals surface area contributed by atoms with Gasteiger partial charge in [-0.1, -0.05) is 0 Å². The Labute approximate surface area is 113 Å². The molecule has 0 bridgehead atoms. The lowest BCUT2D eigenvalue weighted by Crippen LogP contribution is -2.14. The summed E-state index contributed by atoms with van der Waals surface area (Å²) in [6.07, 6.45) is 0. The Morgan fingerprint density at radius 1 is 1.39 bits per heavy atom. The van der Waals surface area contributed by atoms with E-state index in [2.05, 4.69) is 31.3 Å². The molecule has 1 N–H and O–H groups in total. The first-order valence-electron chi connectivity index (χ1n) is 5.42. The van der Waals surface area contributed by atoms with Crippen molar-refractivity contribution in [3.8, 4) is 0 Å². The maximum Gasteiger partial charge on any atom is 0.276 e. The highest BCUT2D eigenvalue weighted by Gasteiger charge is 2.12. The summed E-state index contributed by atoms with van der Waals surface area (Å²) >= 11 is 3.28. The fraction of sp³-hybridized carbons (Fsp3) is 0.250. The van der Waals surface area contributed by atoms with Crippen LogP contribution in [0.25, 0.3) is 0 Å². The van der Waals surface area contributed by atoms with Crippen LogP contribution >= 0.6 is 15.9 Å². The summed E-state index contributed by atoms with van der Waals surface area (Å²) in [6.45, 7) is 3.74. The minimum Gasteiger partial charge on any atom is -0.319 e. The molecule has 5 nitrogen and oxygen atoms in total. The third kappa shape index (κ3) is 2.59. The number of halogens is 1. The molecule has 0 aliphatic carbocycles. The SMILES string of the molecule is Cc1nc(Br)ccc1NC(=O)c1cc(C)n(C)n1. The van der Waals surface area contributed by atoms with Crippen molar-refractivity contribution < 1.29 is 4.79 Å². The number of nitrogens with zero attached hydrogens (tertiary/aromatic N) is 3. The van der Waals surface area contributed by atoms with Gasteiger partial charge < -0.3 is 5.32 Å². The predicted octanol–water partition coefficient (Wildman–Crippen LogP) is 2.45. The van der Waals surface area contributed by atoms with Crippen molar-refractivity contribution in [2.24, 2.45) is 7.05 Å². The van der Waals surface area contributed by atoms with Crippen LogP contribution in [0, 0.1) is 13.8 Å². The Morgan fingerprint density at radius 3 is 2.67 bits per heavy atom. The van der Waals surface area contributed by atoms with E-state index < -0.39 is 0 Å². The standard InChI is InChI=1S/C12H13BrN4O/c1-7-6-10(16-17(7)3)12(18)15-9-4-5-11(13)14-8(9)2/h4-6H,1-3H3,(H,15,18). The van der Waals surface area contributed by atoms with E-state index in [1.165, 1.54) is 0 Å². The molecule has 1 amide bonds. The number of carbonyl (C=O) groups excluding carboxylic acids is 1. The molecule has 2 heterocycles. The van der Waals surface area contributed by atoms with E-state index in [0.29, 0.717) is 11.4 Å². The highest BCUT2D eigenvalue weighted by Crippen LogP contribution is 2.17. The molecule has 0 aliphatic rings. The van der Waals surface area contributed by atoms with Gasteiger partial charge in [-0.05, 0) is 48.0 Å². The van der Waals surface area contributed by atoms with Crippen molar-refractivity contribution in [1.29, 1.82) is 0 Å². The van der Waals surface area contributed by atoms with Gasteiger partial charge in [0.15, 0.2) is 5.69 Å². The van der Waals surface area contributed by atoms with Gasteiger partial charge in [-0.3, -0.25) is 9.48 Å². The molecule has 18 heavy (non-hydrogen) atoms. The van der Waals surface area contributed by atoms with E-state index in [1.807, 2.05) is 13.8 Å². The van der Waals surface area contributed by atoms with Gasteiger partial charge in [0, 0.05) is 12.7 Å². The maximum atomic E-state index is 12.0. The van der Waals surface area contributed by atoms with Crippen molar-refractivity contribution in [2.45, 2.75) is 13.8 Å². The number of nitrogens with one attached hydrogen (secondary N) is 1. The second-order valence-electron chi connectivity index (χ2n) is 4.02. The van der Waals surface area contributed by atoms with Crippen LogP contribution in [0.1, 0.15) is 21.9 Å². The fourth-order valence-corrected chi connectivity index (χ4v) is 1.92. The first kappa shape index (κ1) is 12.8. The van der Waals surface area contributed by atoms with Crippen LogP contribution in [0.15, 0.2) is 22.8 Å². The molecule has 0 saturated heterocycles. The largest absolute Gasteiger partial charge is 0.319 e. The van der Waals surface area contributed by atoms with Crippen LogP contribution in [0.5, 0.6) is 0 Å². The van der Waals surface area contributed by atoms with Crippen molar-refractivity contribution in [2.75, 3.05) is 5.32 Å². The lowest BCUT2D eigenvalue weighted by Gasteiger charge is -2.06. The molecule has 0 radical (unpaired) electrons. The molecule has 0 fully saturated rings. The average molecular weight is 309 g/mol. The Balaban J connectivity index is 2.21. The van der Waals surface area contributed by atoms with Crippen molar-refractivity contribution in [3.05, 3.63) is 39.9 Å². The van der Waals surface area contributed by atoms with E-state index in [9.17, 15) is 4.79 Å². The highest BCUT2D eigenvalue weighted by atomic mass is 79.9. The molecule has 2 aromatic rings. The average Bonchev–Trinajstić information content (AvgIpc) is 2.63. The van der Waals surface area contributed by atoms with E-state index in [-0.39, 0.29) is 5.91 Å². The molecule has 0 spiro atoms. The molecule has 0 aliphatic heterocycles. The van der Waals surface area contributed by atoms with E-state index in [4.69, 9.17) is 0 Å². The molecule has 0 saturated carbocycles. The summed E-state index contributed by atoms with van der Waals surface area (Å²) in [5, 5.41) is 6.92. The first-order valence-corrected chi connectivity index (χ1v) is 6.22. The number of amides is 1. The summed E-state index contributed by atoms with van der Waals surface area (Å²) in [5.41, 5.74) is 2.78. The van der Waals surface area contributed by atoms with Crippen LogP contribution in [-0.4, -0.2) is 20.7 Å². The van der Waals surface area contributed by atoms with Crippen LogP contribution in [-0.2, 0) is 7.05 Å². The third-order valence-corrected chi connectivity index (χ3v) is 3.09. The monoisotopic (exact) mass is 308 g/mol. The van der Waals surface area contributed by atoms with Crippen molar-refractivity contribution in [3.63, 3.8) is 0 Å². The highest BCUT2D eigenvalue weighted by molar-refractivity contribution is 9.10. The zero-order valence-electron chi connectivity index (χ0n) is 10.4. The van der Waals surface area contributed by atoms with Crippen molar-refractivity contribution in [1.82, 2.24) is 14.8 Å². The van der Waals surface area contributed by atoms with Gasteiger partial charge in [0.2, 0.25) is 0 Å². The quantitative estimate of drug-likeness (QED) is 0.867. The van der Waals surface area contributed by atoms with Gasteiger partial charge in [0.1, 0.15) is 4.60 Å². The summed E-state index contributed by atoms with van der Waals surface area (Å²) in [5.74, 6) is -0.231. The Morgan fingerprint density at radius 2 is 2.11 bits per heavy atom. The third-order valence-electron chi connectivity index (χ3n) is 2.65. The summed E-state index contributed by atoms with van der Waals surface area (Å²) in [7, 11) is 1.80. The maximum absolute atomic E-state index is 12.0. The zero-order chi connectivity index (χ0) is 13.3. The molecule has 0 atom stereocenters. The molecule has 0 aromatic carbocycles. The van der Waals surface area contributed by atoms with Gasteiger partial charge in [-0.2, -0.15) is 5.10 Å². The predicted molar refractivity (Wildman–Crippen MR) is 72.6 cm³/mol. The summed E-state index contributed by atoms with van der Waals surface area (Å²) in [4.78, 5) is 16.2. The van der Waals surface area contributed by atoms with Crippen LogP contribution in [0.4, 0.5) is 5.69 Å². The Hall–Kier alpha value is -1.69. The van der Waals surface area contributed by atoms with E-state index in [0.717, 1.165) is 16.0 Å². The second kappa shape index (κ2) is 4.89. The number of carbonyl (C=O) groups is 1. The lowest BCUT2D eigenvalue weighted by atomic mass is 10.3. The molecule has 0 unspecified atom stereocenters. The minimum absolute atomic E-state index is 0.231. The zero-order valence-corrected chi connectivity index (χ0v) is 11.9. The van der Waals surface area contributed by atoms with E-state index >= 15 is 0 Å². The fourth-order valence-electron chi connectivity index (χ4n) is 1.52. The topological polar surface area (TPSA) is 59.8 Å². The molecule has 6 heteroatoms. The Kier molecular flexibility index (Phi) is 3.47. The van der Waals surface area contributed by atoms with E-state index in [1.54, 1.807) is 29.9 Å². The second-order valence-corrected chi connectivity index (χ2v) is 4.83. The summed E-state index contributed by atoms with van der Waals surface area (Å²) in [6, 6.07) is 5.34. The van der Waals surface area contributed by atoms with Crippen LogP contribution < -0.4 is 5.32 Å². The van der Waals surface area contributed by atoms with Crippen LogP contribution in [0.2, 0.25) is 0 Å². The van der Waals surface area contributed by atoms with Gasteiger partial charge >= 0.3 is 0 Å². The number of aryl methyl sites for hydroxylation is 3. The Bertz CT molecular complexity index is 587. The van der Waals surface area contributed by atoms with Gasteiger partial charge in [-0.15, -0.1) is 0 Å². The first-order chi connectivity index (χ1) is 8.47. The molecule has 2 aromatic heterocycles. The molecular formula is C12H13BrN4O. The summed E-state index contributed by atoms with van der Waals surface area (Å²) < 4.78 is 2.41. The number of hydrogen-bond donors (Lipinski definition) is 1. The van der Waals surface area contributed by atoms with Gasteiger partial charge in [0.25, 0.3) is 5.91 Å². The van der Waals surface area contributed by atoms with Crippen LogP contribution in [0.3, 0.4) is 0 Å². The number of rotatable bonds is 2. The molecular weight excluding hydrogens is 296 g/mol. The number of aromatic nitrogens is 3. The number of anilines is 1. The smallest absolute Gasteiger partial charge is 0.276 e. The van der Waals surface area contributed by atoms with Gasteiger partial charge in [-0.25, -0.2) is 4.98 Å². The van der Waals surface area contributed by atoms with Crippen molar-refractivity contribution >= 4 is 27.5 Å². The number of hydrogen-bond acceptors (Lipinski definition) is 3. The number of pyridine rings is 1.